The minimum absolute atomic E-state index is 0.0452. The minimum Gasteiger partial charge on any atom is -0.504 e. The van der Waals surface area contributed by atoms with Crippen LogP contribution in [-0.2, 0) is 4.74 Å². The van der Waals surface area contributed by atoms with Crippen LogP contribution in [0, 0.1) is 6.92 Å². The number of esters is 7. The predicted molar refractivity (Wildman–Crippen MR) is 259 cm³/mol. The molecule has 0 aliphatic heterocycles. The average Bonchev–Trinajstić information content (AvgIpc) is 3.46. The fraction of sp³-hybridized carbons (Fsp3) is 0.0577. The van der Waals surface area contributed by atoms with Crippen LogP contribution in [0.4, 0.5) is 0 Å². The number of aryl methyl sites for hydroxylation is 1. The molecule has 0 spiro atoms. The molecule has 0 saturated carbocycles. The summed E-state index contributed by atoms with van der Waals surface area (Å²) in [5.41, 5.74) is -4.36. The Morgan fingerprint density at radius 1 is 0.275 bits per heavy atom. The maximum absolute atomic E-state index is 13.4. The van der Waals surface area contributed by atoms with E-state index >= 15 is 0 Å². The highest BCUT2D eigenvalue weighted by Gasteiger charge is 2.28. The number of aromatic hydroxyl groups is 14. The van der Waals surface area contributed by atoms with Crippen molar-refractivity contribution in [3.8, 4) is 115 Å². The molecule has 0 radical (unpaired) electrons. The van der Waals surface area contributed by atoms with E-state index in [1.807, 2.05) is 0 Å². The first kappa shape index (κ1) is 55.8. The van der Waals surface area contributed by atoms with Gasteiger partial charge in [0.05, 0.1) is 45.6 Å². The van der Waals surface area contributed by atoms with Gasteiger partial charge in [0.2, 0.25) is 34.5 Å². The van der Waals surface area contributed by atoms with Crippen molar-refractivity contribution in [3.63, 3.8) is 0 Å². The zero-order chi connectivity index (χ0) is 58.8. The van der Waals surface area contributed by atoms with Crippen LogP contribution >= 0.6 is 0 Å². The van der Waals surface area contributed by atoms with Crippen molar-refractivity contribution in [3.05, 3.63) is 129 Å². The lowest BCUT2D eigenvalue weighted by atomic mass is 10.1. The van der Waals surface area contributed by atoms with E-state index in [9.17, 15) is 105 Å². The fourth-order valence-electron chi connectivity index (χ4n) is 6.78. The van der Waals surface area contributed by atoms with Gasteiger partial charge in [-0.2, -0.15) is 0 Å². The lowest BCUT2D eigenvalue weighted by molar-refractivity contribution is 0.0522. The summed E-state index contributed by atoms with van der Waals surface area (Å²) < 4.78 is 35.3. The van der Waals surface area contributed by atoms with Crippen LogP contribution in [0.15, 0.2) is 84.9 Å². The molecular formula is C52H36O28. The van der Waals surface area contributed by atoms with Gasteiger partial charge in [0.1, 0.15) is 0 Å². The second-order valence-corrected chi connectivity index (χ2v) is 16.3. The van der Waals surface area contributed by atoms with Gasteiger partial charge in [0.15, 0.2) is 80.5 Å². The average molecular weight is 1110 g/mol. The van der Waals surface area contributed by atoms with E-state index in [0.29, 0.717) is 60.7 Å². The van der Waals surface area contributed by atoms with Crippen LogP contribution in [0.2, 0.25) is 0 Å². The fourth-order valence-corrected chi connectivity index (χ4v) is 6.78. The number of benzene rings is 7. The first-order chi connectivity index (χ1) is 37.6. The first-order valence-corrected chi connectivity index (χ1v) is 22.0. The monoisotopic (exact) mass is 1110 g/mol. The zero-order valence-electron chi connectivity index (χ0n) is 40.3. The molecule has 28 nitrogen and oxygen atoms in total. The van der Waals surface area contributed by atoms with Crippen molar-refractivity contribution in [1.82, 2.24) is 0 Å². The predicted octanol–water partition coefficient (Wildman–Crippen LogP) is 5.37. The molecular weight excluding hydrogens is 1070 g/mol. The Hall–Kier alpha value is -12.0. The smallest absolute Gasteiger partial charge is 0.343 e. The van der Waals surface area contributed by atoms with Crippen LogP contribution in [-0.4, -0.2) is 120 Å². The van der Waals surface area contributed by atoms with E-state index in [4.69, 9.17) is 33.2 Å². The molecule has 0 aliphatic carbocycles. The topological polar surface area (TPSA) is 467 Å². The zero-order valence-corrected chi connectivity index (χ0v) is 40.3. The van der Waals surface area contributed by atoms with Crippen molar-refractivity contribution < 1.29 is 138 Å². The summed E-state index contributed by atoms with van der Waals surface area (Å²) in [6, 6.07) is 9.59. The maximum atomic E-state index is 13.4. The molecule has 7 aromatic carbocycles. The van der Waals surface area contributed by atoms with Gasteiger partial charge in [0.25, 0.3) is 0 Å². The third-order valence-corrected chi connectivity index (χ3v) is 10.8. The van der Waals surface area contributed by atoms with Crippen molar-refractivity contribution in [2.75, 3.05) is 6.61 Å². The molecule has 0 fully saturated rings. The highest BCUT2D eigenvalue weighted by atomic mass is 16.6. The Morgan fingerprint density at radius 3 is 0.637 bits per heavy atom. The molecule has 28 heteroatoms. The highest BCUT2D eigenvalue weighted by molar-refractivity contribution is 6.00. The van der Waals surface area contributed by atoms with Gasteiger partial charge in [-0.05, 0) is 104 Å². The third-order valence-electron chi connectivity index (χ3n) is 10.8. The molecule has 14 N–H and O–H groups in total. The van der Waals surface area contributed by atoms with E-state index in [1.165, 1.54) is 13.8 Å². The second-order valence-electron chi connectivity index (χ2n) is 16.3. The Balaban J connectivity index is 1.06. The summed E-state index contributed by atoms with van der Waals surface area (Å²) in [6.07, 6.45) is 0. The molecule has 0 unspecified atom stereocenters. The van der Waals surface area contributed by atoms with Crippen LogP contribution in [0.5, 0.6) is 115 Å². The van der Waals surface area contributed by atoms with Gasteiger partial charge in [-0.3, -0.25) is 0 Å². The number of phenols is 14. The van der Waals surface area contributed by atoms with Gasteiger partial charge < -0.3 is 105 Å². The minimum atomic E-state index is -1.58. The lowest BCUT2D eigenvalue weighted by Crippen LogP contribution is -2.14. The van der Waals surface area contributed by atoms with Crippen molar-refractivity contribution >= 4 is 41.8 Å². The van der Waals surface area contributed by atoms with Crippen LogP contribution in [0.1, 0.15) is 85.0 Å². The highest BCUT2D eigenvalue weighted by Crippen LogP contribution is 2.45. The molecule has 7 aromatic rings. The standard InChI is InChI=1S/C52H36O28/c1-3-74-46(67)20-6-27(54)40(61)33(12-20)76-48(69)22-8-29(56)42(63)35(14-22)78-50(71)24-10-31(58)44(65)37(16-24)80-52(73)25-11-32(59)45(66)38(17-25)79-51(72)23-9-30(57)43(64)36(15-23)77-49(70)21-7-28(55)41(62)34(13-21)75-47(68)19-4-18(2)39(60)26(53)5-19/h4-17,53-66H,3H2,1-2H3. The Bertz CT molecular complexity index is 3760. The molecule has 0 bridgehead atoms. The van der Waals surface area contributed by atoms with Crippen molar-refractivity contribution in [1.29, 1.82) is 0 Å². The Labute approximate surface area is 443 Å². The molecule has 80 heavy (non-hydrogen) atoms. The number of rotatable bonds is 14. The number of phenolic OH excluding ortho intramolecular Hbond substituents is 14. The second kappa shape index (κ2) is 22.1. The SMILES string of the molecule is CCOC(=O)c1cc(O)c(O)c(OC(=O)c2cc(O)c(O)c(OC(=O)c3cc(O)c(O)c(OC(=O)c4cc(O)c(O)c(OC(=O)c5cc(O)c(O)c(OC(=O)c6cc(O)c(O)c(OC(=O)c7cc(C)c(O)c(O)c7)c6)c5)c4)c3)c2)c1. The van der Waals surface area contributed by atoms with Gasteiger partial charge >= 0.3 is 41.8 Å². The molecule has 0 saturated heterocycles. The number of hydrogen-bond donors (Lipinski definition) is 14. The van der Waals surface area contributed by atoms with Gasteiger partial charge in [-0.1, -0.05) is 0 Å². The van der Waals surface area contributed by atoms with Crippen LogP contribution in [0.3, 0.4) is 0 Å². The van der Waals surface area contributed by atoms with E-state index in [1.54, 1.807) is 0 Å². The lowest BCUT2D eigenvalue weighted by Gasteiger charge is -2.14. The van der Waals surface area contributed by atoms with Gasteiger partial charge in [0, 0.05) is 0 Å². The molecule has 412 valence electrons. The summed E-state index contributed by atoms with van der Waals surface area (Å²) in [5, 5.41) is 145. The Morgan fingerprint density at radius 2 is 0.450 bits per heavy atom. The Kier molecular flexibility index (Phi) is 15.4. The first-order valence-electron chi connectivity index (χ1n) is 22.0. The summed E-state index contributed by atoms with van der Waals surface area (Å²) in [5.74, 6) is -30.0. The molecule has 7 rings (SSSR count). The maximum Gasteiger partial charge on any atom is 0.343 e. The van der Waals surface area contributed by atoms with Crippen LogP contribution in [0.25, 0.3) is 0 Å². The number of hydrogen-bond acceptors (Lipinski definition) is 28. The summed E-state index contributed by atoms with van der Waals surface area (Å²) >= 11 is 0. The largest absolute Gasteiger partial charge is 0.504 e. The summed E-state index contributed by atoms with van der Waals surface area (Å²) in [7, 11) is 0. The summed E-state index contributed by atoms with van der Waals surface area (Å²) in [4.78, 5) is 91.5. The van der Waals surface area contributed by atoms with Gasteiger partial charge in [-0.15, -0.1) is 0 Å². The molecule has 0 heterocycles. The third kappa shape index (κ3) is 11.6. The van der Waals surface area contributed by atoms with E-state index in [2.05, 4.69) is 0 Å². The van der Waals surface area contributed by atoms with Gasteiger partial charge in [-0.25, -0.2) is 33.6 Å². The number of ether oxygens (including phenoxy) is 7. The number of carbonyl (C=O) groups excluding carboxylic acids is 7. The van der Waals surface area contributed by atoms with Crippen molar-refractivity contribution in [2.24, 2.45) is 0 Å². The van der Waals surface area contributed by atoms with E-state index < -0.39 is 185 Å². The molecule has 0 aliphatic rings. The van der Waals surface area contributed by atoms with Crippen LogP contribution < -0.4 is 28.4 Å². The number of carbonyl (C=O) groups is 7. The normalized spacial score (nSPS) is 10.7. The van der Waals surface area contributed by atoms with E-state index in [-0.39, 0.29) is 23.3 Å². The molecule has 0 atom stereocenters. The van der Waals surface area contributed by atoms with Crippen molar-refractivity contribution in [2.45, 2.75) is 13.8 Å². The molecule has 0 amide bonds. The quantitative estimate of drug-likeness (QED) is 0.0370. The van der Waals surface area contributed by atoms with E-state index in [0.717, 1.165) is 24.3 Å². The molecule has 0 aromatic heterocycles. The summed E-state index contributed by atoms with van der Waals surface area (Å²) in [6.45, 7) is 2.73.